The molecule has 0 aliphatic heterocycles. The third kappa shape index (κ3) is 7.60. The van der Waals surface area contributed by atoms with Crippen molar-refractivity contribution < 1.29 is 14.4 Å². The Morgan fingerprint density at radius 2 is 1.57 bits per heavy atom. The Labute approximate surface area is 209 Å². The minimum Gasteiger partial charge on any atom is -0.354 e. The summed E-state index contributed by atoms with van der Waals surface area (Å²) in [6, 6.07) is 17.6. The van der Waals surface area contributed by atoms with Crippen LogP contribution in [0.15, 0.2) is 54.6 Å². The first kappa shape index (κ1) is 26.8. The zero-order valence-corrected chi connectivity index (χ0v) is 21.1. The van der Waals surface area contributed by atoms with Crippen molar-refractivity contribution in [2.75, 3.05) is 6.54 Å². The lowest BCUT2D eigenvalue weighted by Gasteiger charge is -2.32. The van der Waals surface area contributed by atoms with Gasteiger partial charge in [-0.1, -0.05) is 80.8 Å². The SMILES string of the molecule is CCCC(=O)c1ccc(CCNC(=O)[C@](N)(CCCc2ccccc2)C(=O)C2CCCCC2)cc1. The monoisotopic (exact) mass is 476 g/mol. The molecule has 2 aromatic carbocycles. The average Bonchev–Trinajstić information content (AvgIpc) is 2.89. The van der Waals surface area contributed by atoms with Crippen molar-refractivity contribution >= 4 is 17.5 Å². The molecule has 0 bridgehead atoms. The van der Waals surface area contributed by atoms with E-state index in [1.54, 1.807) is 0 Å². The van der Waals surface area contributed by atoms with Crippen molar-refractivity contribution in [3.63, 3.8) is 0 Å². The Morgan fingerprint density at radius 3 is 2.23 bits per heavy atom. The average molecular weight is 477 g/mol. The van der Waals surface area contributed by atoms with Crippen molar-refractivity contribution in [1.29, 1.82) is 0 Å². The van der Waals surface area contributed by atoms with Crippen molar-refractivity contribution in [1.82, 2.24) is 5.32 Å². The highest BCUT2D eigenvalue weighted by Crippen LogP contribution is 2.29. The summed E-state index contributed by atoms with van der Waals surface area (Å²) in [7, 11) is 0. The molecule has 0 aromatic heterocycles. The smallest absolute Gasteiger partial charge is 0.247 e. The van der Waals surface area contributed by atoms with Crippen LogP contribution in [0.2, 0.25) is 0 Å². The van der Waals surface area contributed by atoms with Crippen LogP contribution in [0, 0.1) is 5.92 Å². The van der Waals surface area contributed by atoms with Gasteiger partial charge in [-0.3, -0.25) is 14.4 Å². The Kier molecular flexibility index (Phi) is 10.2. The normalized spacial score (nSPS) is 15.8. The van der Waals surface area contributed by atoms with E-state index >= 15 is 0 Å². The number of benzene rings is 2. The molecule has 1 fully saturated rings. The van der Waals surface area contributed by atoms with E-state index in [4.69, 9.17) is 5.73 Å². The molecular formula is C30H40N2O3. The number of Topliss-reactive ketones (excluding diaryl/α,β-unsaturated/α-hetero) is 2. The van der Waals surface area contributed by atoms with Crippen LogP contribution in [0.1, 0.15) is 86.2 Å². The van der Waals surface area contributed by atoms with E-state index in [-0.39, 0.29) is 23.4 Å². The van der Waals surface area contributed by atoms with Gasteiger partial charge >= 0.3 is 0 Å². The number of hydrogen-bond donors (Lipinski definition) is 2. The van der Waals surface area contributed by atoms with Gasteiger partial charge in [0.05, 0.1) is 0 Å². The van der Waals surface area contributed by atoms with Gasteiger partial charge in [-0.2, -0.15) is 0 Å². The predicted octanol–water partition coefficient (Wildman–Crippen LogP) is 5.20. The number of ketones is 2. The maximum atomic E-state index is 13.5. The first-order chi connectivity index (χ1) is 16.9. The second kappa shape index (κ2) is 13.3. The quantitative estimate of drug-likeness (QED) is 0.307. The van der Waals surface area contributed by atoms with E-state index in [1.807, 2.05) is 49.4 Å². The Morgan fingerprint density at radius 1 is 0.914 bits per heavy atom. The number of aryl methyl sites for hydroxylation is 1. The third-order valence-corrected chi connectivity index (χ3v) is 7.15. The van der Waals surface area contributed by atoms with E-state index < -0.39 is 5.54 Å². The molecule has 2 aromatic rings. The zero-order chi connectivity index (χ0) is 25.1. The van der Waals surface area contributed by atoms with E-state index in [0.29, 0.717) is 32.2 Å². The fourth-order valence-electron chi connectivity index (χ4n) is 5.00. The van der Waals surface area contributed by atoms with Crippen LogP contribution in [0.5, 0.6) is 0 Å². The number of carbonyl (C=O) groups excluding carboxylic acids is 3. The van der Waals surface area contributed by atoms with Crippen molar-refractivity contribution in [2.45, 2.75) is 83.1 Å². The summed E-state index contributed by atoms with van der Waals surface area (Å²) in [6.45, 7) is 2.39. The molecular weight excluding hydrogens is 436 g/mol. The molecule has 1 atom stereocenters. The molecule has 1 amide bonds. The van der Waals surface area contributed by atoms with Crippen LogP contribution in [0.25, 0.3) is 0 Å². The predicted molar refractivity (Wildman–Crippen MR) is 140 cm³/mol. The summed E-state index contributed by atoms with van der Waals surface area (Å²) >= 11 is 0. The van der Waals surface area contributed by atoms with Gasteiger partial charge in [0.1, 0.15) is 0 Å². The van der Waals surface area contributed by atoms with Gasteiger partial charge in [-0.25, -0.2) is 0 Å². The fourth-order valence-corrected chi connectivity index (χ4v) is 5.00. The molecule has 1 aliphatic rings. The second-order valence-electron chi connectivity index (χ2n) is 9.89. The van der Waals surface area contributed by atoms with Crippen molar-refractivity contribution in [3.05, 3.63) is 71.3 Å². The summed E-state index contributed by atoms with van der Waals surface area (Å²) < 4.78 is 0. The second-order valence-corrected chi connectivity index (χ2v) is 9.89. The van der Waals surface area contributed by atoms with Crippen LogP contribution in [0.4, 0.5) is 0 Å². The number of nitrogens with one attached hydrogen (secondary N) is 1. The van der Waals surface area contributed by atoms with Gasteiger partial charge in [-0.15, -0.1) is 0 Å². The highest BCUT2D eigenvalue weighted by Gasteiger charge is 2.44. The van der Waals surface area contributed by atoms with E-state index in [1.165, 1.54) is 5.56 Å². The molecule has 188 valence electrons. The molecule has 1 saturated carbocycles. The fraction of sp³-hybridized carbons (Fsp3) is 0.500. The first-order valence-corrected chi connectivity index (χ1v) is 13.2. The lowest BCUT2D eigenvalue weighted by atomic mass is 9.75. The largest absolute Gasteiger partial charge is 0.354 e. The van der Waals surface area contributed by atoms with Gasteiger partial charge in [0, 0.05) is 24.4 Å². The highest BCUT2D eigenvalue weighted by atomic mass is 16.2. The molecule has 5 heteroatoms. The van der Waals surface area contributed by atoms with Gasteiger partial charge in [0.15, 0.2) is 17.1 Å². The summed E-state index contributed by atoms with van der Waals surface area (Å²) in [5.74, 6) is -0.432. The summed E-state index contributed by atoms with van der Waals surface area (Å²) in [6.07, 6.45) is 8.65. The van der Waals surface area contributed by atoms with Gasteiger partial charge in [0.25, 0.3) is 0 Å². The Bertz CT molecular complexity index is 965. The number of nitrogens with two attached hydrogens (primary N) is 1. The van der Waals surface area contributed by atoms with E-state index in [9.17, 15) is 14.4 Å². The molecule has 1 aliphatic carbocycles. The van der Waals surface area contributed by atoms with E-state index in [0.717, 1.165) is 56.1 Å². The number of hydrogen-bond acceptors (Lipinski definition) is 4. The maximum Gasteiger partial charge on any atom is 0.247 e. The lowest BCUT2D eigenvalue weighted by molar-refractivity contribution is -0.139. The first-order valence-electron chi connectivity index (χ1n) is 13.2. The van der Waals surface area contributed by atoms with Crippen LogP contribution in [-0.4, -0.2) is 29.6 Å². The van der Waals surface area contributed by atoms with Crippen LogP contribution >= 0.6 is 0 Å². The lowest BCUT2D eigenvalue weighted by Crippen LogP contribution is -2.61. The minimum atomic E-state index is -1.49. The molecule has 0 unspecified atom stereocenters. The molecule has 0 spiro atoms. The molecule has 3 N–H and O–H groups in total. The topological polar surface area (TPSA) is 89.3 Å². The van der Waals surface area contributed by atoms with Crippen LogP contribution in [-0.2, 0) is 22.4 Å². The highest BCUT2D eigenvalue weighted by molar-refractivity contribution is 6.11. The number of amides is 1. The standard InChI is InChI=1S/C30H40N2O3/c1-2-10-27(33)25-18-16-24(17-19-25)20-22-32-29(35)30(31,28(34)26-14-7-4-8-15-26)21-9-13-23-11-5-3-6-12-23/h3,5-6,11-12,16-19,26H,2,4,7-10,13-15,20-22,31H2,1H3,(H,32,35)/t30-/m0/s1. The molecule has 0 saturated heterocycles. The third-order valence-electron chi connectivity index (χ3n) is 7.15. The van der Waals surface area contributed by atoms with Gasteiger partial charge < -0.3 is 11.1 Å². The Balaban J connectivity index is 1.60. The Hall–Kier alpha value is -2.79. The summed E-state index contributed by atoms with van der Waals surface area (Å²) in [5.41, 5.74) is 8.08. The van der Waals surface area contributed by atoms with Crippen molar-refractivity contribution in [3.8, 4) is 0 Å². The molecule has 5 nitrogen and oxygen atoms in total. The van der Waals surface area contributed by atoms with E-state index in [2.05, 4.69) is 17.4 Å². The summed E-state index contributed by atoms with van der Waals surface area (Å²) in [5, 5.41) is 2.95. The molecule has 0 radical (unpaired) electrons. The van der Waals surface area contributed by atoms with Gasteiger partial charge in [-0.05, 0) is 56.1 Å². The summed E-state index contributed by atoms with van der Waals surface area (Å²) in [4.78, 5) is 38.8. The number of carbonyl (C=O) groups is 3. The number of rotatable bonds is 13. The van der Waals surface area contributed by atoms with Crippen LogP contribution < -0.4 is 11.1 Å². The molecule has 35 heavy (non-hydrogen) atoms. The zero-order valence-electron chi connectivity index (χ0n) is 21.1. The molecule has 3 rings (SSSR count). The maximum absolute atomic E-state index is 13.5. The molecule has 0 heterocycles. The van der Waals surface area contributed by atoms with Crippen molar-refractivity contribution in [2.24, 2.45) is 11.7 Å². The minimum absolute atomic E-state index is 0.0958. The van der Waals surface area contributed by atoms with Gasteiger partial charge in [0.2, 0.25) is 5.91 Å². The van der Waals surface area contributed by atoms with Crippen LogP contribution in [0.3, 0.4) is 0 Å².